The molecule has 1 amide bonds. The molecule has 0 unspecified atom stereocenters. The summed E-state index contributed by atoms with van der Waals surface area (Å²) in [6.07, 6.45) is 5.78. The molecule has 1 saturated heterocycles. The van der Waals surface area contributed by atoms with Crippen molar-refractivity contribution in [3.05, 3.63) is 29.3 Å². The molecular weight excluding hydrogens is 392 g/mol. The zero-order chi connectivity index (χ0) is 22.3. The van der Waals surface area contributed by atoms with Crippen molar-refractivity contribution in [1.82, 2.24) is 15.5 Å². The molecule has 2 N–H and O–H groups in total. The molecule has 2 rings (SSSR count). The van der Waals surface area contributed by atoms with Crippen molar-refractivity contribution in [2.24, 2.45) is 4.99 Å². The number of nitrogens with one attached hydrogen (secondary N) is 2. The van der Waals surface area contributed by atoms with Crippen molar-refractivity contribution in [2.75, 3.05) is 46.5 Å². The van der Waals surface area contributed by atoms with Gasteiger partial charge >= 0.3 is 0 Å². The van der Waals surface area contributed by atoms with Crippen LogP contribution in [0.2, 0.25) is 0 Å². The van der Waals surface area contributed by atoms with Crippen molar-refractivity contribution in [3.63, 3.8) is 0 Å². The lowest BCUT2D eigenvalue weighted by molar-refractivity contribution is -0.130. The third-order valence-electron chi connectivity index (χ3n) is 5.29. The van der Waals surface area contributed by atoms with Gasteiger partial charge in [-0.3, -0.25) is 4.79 Å². The van der Waals surface area contributed by atoms with Crippen LogP contribution in [0.4, 0.5) is 0 Å². The monoisotopic (exact) mass is 432 g/mol. The van der Waals surface area contributed by atoms with E-state index in [1.54, 1.807) is 7.11 Å². The number of carbonyl (C=O) groups is 1. The number of hydrogen-bond acceptors (Lipinski definition) is 4. The first kappa shape index (κ1) is 25.0. The van der Waals surface area contributed by atoms with E-state index in [2.05, 4.69) is 42.7 Å². The number of rotatable bonds is 12. The second-order valence-electron chi connectivity index (χ2n) is 7.97. The molecule has 1 aliphatic rings. The Bertz CT molecular complexity index is 693. The van der Waals surface area contributed by atoms with Crippen LogP contribution in [-0.4, -0.2) is 63.3 Å². The SMILES string of the molecule is CCNC(=NCc1ccc(C)cc1OCCCOC)NCCCN1CCCCCC1=O. The number of aryl methyl sites for hydroxylation is 1. The highest BCUT2D eigenvalue weighted by atomic mass is 16.5. The van der Waals surface area contributed by atoms with Gasteiger partial charge in [-0.25, -0.2) is 4.99 Å². The molecule has 0 spiro atoms. The Morgan fingerprint density at radius 2 is 2.03 bits per heavy atom. The molecule has 7 nitrogen and oxygen atoms in total. The van der Waals surface area contributed by atoms with Crippen LogP contribution >= 0.6 is 0 Å². The zero-order valence-electron chi connectivity index (χ0n) is 19.5. The Morgan fingerprint density at radius 3 is 2.84 bits per heavy atom. The minimum absolute atomic E-state index is 0.301. The molecule has 0 saturated carbocycles. The molecule has 7 heteroatoms. The zero-order valence-corrected chi connectivity index (χ0v) is 19.5. The number of methoxy groups -OCH3 is 1. The highest BCUT2D eigenvalue weighted by Gasteiger charge is 2.15. The maximum Gasteiger partial charge on any atom is 0.222 e. The standard InChI is InChI=1S/C24H40N4O3/c1-4-25-24(26-13-8-15-28-14-7-5-6-10-23(28)29)27-19-21-12-11-20(2)18-22(21)31-17-9-16-30-3/h11-12,18H,4-10,13-17,19H2,1-3H3,(H2,25,26,27). The predicted molar refractivity (Wildman–Crippen MR) is 126 cm³/mol. The molecular formula is C24H40N4O3. The smallest absolute Gasteiger partial charge is 0.222 e. The largest absolute Gasteiger partial charge is 0.493 e. The first-order valence-electron chi connectivity index (χ1n) is 11.6. The molecule has 1 heterocycles. The second-order valence-corrected chi connectivity index (χ2v) is 7.97. The number of aliphatic imine (C=N–C) groups is 1. The molecule has 1 aliphatic heterocycles. The molecule has 31 heavy (non-hydrogen) atoms. The van der Waals surface area contributed by atoms with E-state index in [1.807, 2.05) is 4.90 Å². The van der Waals surface area contributed by atoms with E-state index < -0.39 is 0 Å². The summed E-state index contributed by atoms with van der Waals surface area (Å²) in [4.78, 5) is 18.9. The topological polar surface area (TPSA) is 75.2 Å². The summed E-state index contributed by atoms with van der Waals surface area (Å²) in [7, 11) is 1.70. The maximum absolute atomic E-state index is 12.1. The van der Waals surface area contributed by atoms with Crippen LogP contribution in [0, 0.1) is 6.92 Å². The van der Waals surface area contributed by atoms with Gasteiger partial charge in [-0.15, -0.1) is 0 Å². The van der Waals surface area contributed by atoms with Gasteiger partial charge in [-0.05, 0) is 44.7 Å². The van der Waals surface area contributed by atoms with Gasteiger partial charge in [0.15, 0.2) is 5.96 Å². The van der Waals surface area contributed by atoms with Crippen LogP contribution in [0.5, 0.6) is 5.75 Å². The van der Waals surface area contributed by atoms with Crippen LogP contribution < -0.4 is 15.4 Å². The molecule has 0 aliphatic carbocycles. The highest BCUT2D eigenvalue weighted by molar-refractivity contribution is 5.79. The first-order chi connectivity index (χ1) is 15.1. The summed E-state index contributed by atoms with van der Waals surface area (Å²) in [6, 6.07) is 6.24. The number of likely N-dealkylation sites (tertiary alicyclic amines) is 1. The Balaban J connectivity index is 1.86. The Hall–Kier alpha value is -2.28. The Kier molecular flexibility index (Phi) is 11.8. The van der Waals surface area contributed by atoms with E-state index in [0.717, 1.165) is 75.6 Å². The summed E-state index contributed by atoms with van der Waals surface area (Å²) < 4.78 is 11.1. The van der Waals surface area contributed by atoms with Crippen molar-refractivity contribution >= 4 is 11.9 Å². The molecule has 1 aromatic carbocycles. The van der Waals surface area contributed by atoms with Gasteiger partial charge in [-0.1, -0.05) is 18.6 Å². The van der Waals surface area contributed by atoms with Crippen LogP contribution in [0.1, 0.15) is 56.6 Å². The van der Waals surface area contributed by atoms with Crippen molar-refractivity contribution in [1.29, 1.82) is 0 Å². The number of guanidine groups is 1. The molecule has 0 bridgehead atoms. The number of amides is 1. The van der Waals surface area contributed by atoms with E-state index in [4.69, 9.17) is 14.5 Å². The molecule has 0 aromatic heterocycles. The molecule has 1 fully saturated rings. The fraction of sp³-hybridized carbons (Fsp3) is 0.667. The highest BCUT2D eigenvalue weighted by Crippen LogP contribution is 2.21. The van der Waals surface area contributed by atoms with Crippen molar-refractivity contribution in [3.8, 4) is 5.75 Å². The molecule has 0 radical (unpaired) electrons. The minimum atomic E-state index is 0.301. The summed E-state index contributed by atoms with van der Waals surface area (Å²) >= 11 is 0. The van der Waals surface area contributed by atoms with Crippen molar-refractivity contribution in [2.45, 2.75) is 58.9 Å². The normalized spacial score (nSPS) is 15.0. The lowest BCUT2D eigenvalue weighted by atomic mass is 10.1. The van der Waals surface area contributed by atoms with E-state index in [9.17, 15) is 4.79 Å². The summed E-state index contributed by atoms with van der Waals surface area (Å²) in [5.74, 6) is 1.97. The van der Waals surface area contributed by atoms with E-state index >= 15 is 0 Å². The number of carbonyl (C=O) groups excluding carboxylic acids is 1. The third-order valence-corrected chi connectivity index (χ3v) is 5.29. The van der Waals surface area contributed by atoms with Crippen LogP contribution in [0.25, 0.3) is 0 Å². The fourth-order valence-electron chi connectivity index (χ4n) is 3.57. The van der Waals surface area contributed by atoms with Crippen LogP contribution in [-0.2, 0) is 16.1 Å². The second kappa shape index (κ2) is 14.7. The van der Waals surface area contributed by atoms with E-state index in [1.165, 1.54) is 5.56 Å². The van der Waals surface area contributed by atoms with Gasteiger partial charge in [0.1, 0.15) is 5.75 Å². The number of ether oxygens (including phenoxy) is 2. The van der Waals surface area contributed by atoms with Crippen LogP contribution in [0.3, 0.4) is 0 Å². The average Bonchev–Trinajstić information content (AvgIpc) is 2.97. The number of nitrogens with zero attached hydrogens (tertiary/aromatic N) is 2. The average molecular weight is 433 g/mol. The van der Waals surface area contributed by atoms with Gasteiger partial charge < -0.3 is 25.0 Å². The Morgan fingerprint density at radius 1 is 1.16 bits per heavy atom. The lowest BCUT2D eigenvalue weighted by Gasteiger charge is -2.20. The summed E-state index contributed by atoms with van der Waals surface area (Å²) in [6.45, 7) is 9.27. The number of benzene rings is 1. The minimum Gasteiger partial charge on any atom is -0.493 e. The Labute approximate surface area is 187 Å². The van der Waals surface area contributed by atoms with Gasteiger partial charge in [0, 0.05) is 58.3 Å². The fourth-order valence-corrected chi connectivity index (χ4v) is 3.57. The first-order valence-corrected chi connectivity index (χ1v) is 11.6. The van der Waals surface area contributed by atoms with Crippen molar-refractivity contribution < 1.29 is 14.3 Å². The van der Waals surface area contributed by atoms with Gasteiger partial charge in [0.25, 0.3) is 0 Å². The molecule has 1 aromatic rings. The van der Waals surface area contributed by atoms with Gasteiger partial charge in [-0.2, -0.15) is 0 Å². The van der Waals surface area contributed by atoms with E-state index in [-0.39, 0.29) is 0 Å². The summed E-state index contributed by atoms with van der Waals surface area (Å²) in [5.41, 5.74) is 2.23. The molecule has 0 atom stereocenters. The quantitative estimate of drug-likeness (QED) is 0.301. The predicted octanol–water partition coefficient (Wildman–Crippen LogP) is 3.26. The number of hydrogen-bond donors (Lipinski definition) is 2. The summed E-state index contributed by atoms with van der Waals surface area (Å²) in [5, 5.41) is 6.70. The van der Waals surface area contributed by atoms with E-state index in [0.29, 0.717) is 32.1 Å². The maximum atomic E-state index is 12.1. The van der Waals surface area contributed by atoms with Crippen LogP contribution in [0.15, 0.2) is 23.2 Å². The van der Waals surface area contributed by atoms with Gasteiger partial charge in [0.05, 0.1) is 13.2 Å². The molecule has 174 valence electrons. The lowest BCUT2D eigenvalue weighted by Crippen LogP contribution is -2.39. The van der Waals surface area contributed by atoms with Gasteiger partial charge in [0.2, 0.25) is 5.91 Å². The third kappa shape index (κ3) is 9.59.